The number of hydrogen-bond donors (Lipinski definition) is 1. The second-order valence-corrected chi connectivity index (χ2v) is 4.73. The number of aliphatic hydroxyl groups is 1. The predicted molar refractivity (Wildman–Crippen MR) is 55.0 cm³/mol. The molecular weight excluding hydrogens is 236 g/mol. The van der Waals surface area contributed by atoms with Gasteiger partial charge in [-0.1, -0.05) is 0 Å². The summed E-state index contributed by atoms with van der Waals surface area (Å²) in [6.45, 7) is 0. The summed E-state index contributed by atoms with van der Waals surface area (Å²) in [5.41, 5.74) is 0.946. The summed E-state index contributed by atoms with van der Waals surface area (Å²) in [6.07, 6.45) is 5.94. The minimum atomic E-state index is -0.413. The van der Waals surface area contributed by atoms with Gasteiger partial charge in [0.15, 0.2) is 0 Å². The predicted octanol–water partition coefficient (Wildman–Crippen LogP) is 2.96. The summed E-state index contributed by atoms with van der Waals surface area (Å²) < 4.78 is 1.04. The normalized spacial score (nSPS) is 12.4. The van der Waals surface area contributed by atoms with Crippen LogP contribution in [0.2, 0.25) is 0 Å². The summed E-state index contributed by atoms with van der Waals surface area (Å²) in [7, 11) is 0. The van der Waals surface area contributed by atoms with Gasteiger partial charge in [-0.2, -0.15) is 0 Å². The number of thiophene rings is 1. The van der Waals surface area contributed by atoms with Crippen LogP contribution in [0.5, 0.6) is 0 Å². The van der Waals surface area contributed by atoms with E-state index in [1.807, 2.05) is 11.4 Å². The minimum absolute atomic E-state index is 0.413. The molecular formula is C9H9BrOS. The van der Waals surface area contributed by atoms with E-state index in [0.29, 0.717) is 12.8 Å². The molecule has 0 aliphatic rings. The van der Waals surface area contributed by atoms with Gasteiger partial charge in [-0.05, 0) is 39.4 Å². The average molecular weight is 245 g/mol. The molecule has 1 nitrogen and oxygen atoms in total. The van der Waals surface area contributed by atoms with Crippen LogP contribution in [0.3, 0.4) is 0 Å². The van der Waals surface area contributed by atoms with Gasteiger partial charge in [0, 0.05) is 6.42 Å². The van der Waals surface area contributed by atoms with Gasteiger partial charge in [0.1, 0.15) is 0 Å². The second kappa shape index (κ2) is 4.66. The fourth-order valence-corrected chi connectivity index (χ4v) is 2.11. The maximum absolute atomic E-state index is 9.56. The van der Waals surface area contributed by atoms with Gasteiger partial charge < -0.3 is 5.11 Å². The second-order valence-electron chi connectivity index (χ2n) is 2.44. The van der Waals surface area contributed by atoms with Crippen LogP contribution in [0, 0.1) is 12.3 Å². The Morgan fingerprint density at radius 2 is 2.50 bits per heavy atom. The fourth-order valence-electron chi connectivity index (χ4n) is 0.885. The first-order valence-electron chi connectivity index (χ1n) is 3.59. The van der Waals surface area contributed by atoms with Crippen LogP contribution in [0.15, 0.2) is 15.2 Å². The van der Waals surface area contributed by atoms with Crippen LogP contribution in [-0.4, -0.2) is 5.11 Å². The van der Waals surface area contributed by atoms with Crippen molar-refractivity contribution < 1.29 is 5.11 Å². The van der Waals surface area contributed by atoms with Crippen molar-refractivity contribution >= 4 is 27.3 Å². The third kappa shape index (κ3) is 2.63. The molecule has 1 unspecified atom stereocenters. The Kier molecular flexibility index (Phi) is 3.80. The smallest absolute Gasteiger partial charge is 0.0807 e. The largest absolute Gasteiger partial charge is 0.388 e. The SMILES string of the molecule is C#CCCC(O)c1csc(Br)c1. The summed E-state index contributed by atoms with van der Waals surface area (Å²) in [4.78, 5) is 0. The number of rotatable bonds is 3. The molecule has 1 aromatic heterocycles. The van der Waals surface area contributed by atoms with E-state index < -0.39 is 6.10 Å². The molecule has 3 heteroatoms. The van der Waals surface area contributed by atoms with Crippen molar-refractivity contribution in [2.75, 3.05) is 0 Å². The molecule has 0 radical (unpaired) electrons. The number of terminal acetylenes is 1. The topological polar surface area (TPSA) is 20.2 Å². The Morgan fingerprint density at radius 1 is 1.75 bits per heavy atom. The van der Waals surface area contributed by atoms with Crippen LogP contribution in [0.25, 0.3) is 0 Å². The lowest BCUT2D eigenvalue weighted by atomic mass is 10.1. The monoisotopic (exact) mass is 244 g/mol. The summed E-state index contributed by atoms with van der Waals surface area (Å²) in [6, 6.07) is 1.92. The Morgan fingerprint density at radius 3 is 3.00 bits per heavy atom. The Hall–Kier alpha value is -0.300. The van der Waals surface area contributed by atoms with E-state index in [0.717, 1.165) is 9.35 Å². The standard InChI is InChI=1S/C9H9BrOS/c1-2-3-4-8(11)7-5-9(10)12-6-7/h1,5-6,8,11H,3-4H2. The Balaban J connectivity index is 2.54. The van der Waals surface area contributed by atoms with Crippen molar-refractivity contribution in [2.45, 2.75) is 18.9 Å². The first-order chi connectivity index (χ1) is 5.74. The highest BCUT2D eigenvalue weighted by molar-refractivity contribution is 9.11. The van der Waals surface area contributed by atoms with E-state index in [4.69, 9.17) is 6.42 Å². The number of aliphatic hydroxyl groups excluding tert-OH is 1. The molecule has 0 aliphatic heterocycles. The van der Waals surface area contributed by atoms with Crippen molar-refractivity contribution in [1.82, 2.24) is 0 Å². The molecule has 0 spiro atoms. The molecule has 0 aliphatic carbocycles. The maximum atomic E-state index is 9.56. The molecule has 1 rings (SSSR count). The zero-order chi connectivity index (χ0) is 8.97. The Bertz CT molecular complexity index is 287. The fraction of sp³-hybridized carbons (Fsp3) is 0.333. The summed E-state index contributed by atoms with van der Waals surface area (Å²) in [5.74, 6) is 2.51. The van der Waals surface area contributed by atoms with E-state index in [1.165, 1.54) is 0 Å². The van der Waals surface area contributed by atoms with E-state index in [9.17, 15) is 5.11 Å². The zero-order valence-corrected chi connectivity index (χ0v) is 8.86. The summed E-state index contributed by atoms with van der Waals surface area (Å²) >= 11 is 4.91. The van der Waals surface area contributed by atoms with Gasteiger partial charge >= 0.3 is 0 Å². The summed E-state index contributed by atoms with van der Waals surface area (Å²) in [5, 5.41) is 11.5. The highest BCUT2D eigenvalue weighted by atomic mass is 79.9. The lowest BCUT2D eigenvalue weighted by Crippen LogP contribution is -1.93. The van der Waals surface area contributed by atoms with E-state index in [-0.39, 0.29) is 0 Å². The van der Waals surface area contributed by atoms with E-state index >= 15 is 0 Å². The third-order valence-electron chi connectivity index (χ3n) is 1.53. The lowest BCUT2D eigenvalue weighted by molar-refractivity contribution is 0.170. The highest BCUT2D eigenvalue weighted by Gasteiger charge is 2.07. The van der Waals surface area contributed by atoms with Gasteiger partial charge in [0.05, 0.1) is 9.89 Å². The molecule has 1 heterocycles. The van der Waals surface area contributed by atoms with Crippen molar-refractivity contribution in [1.29, 1.82) is 0 Å². The van der Waals surface area contributed by atoms with Crippen molar-refractivity contribution in [3.8, 4) is 12.3 Å². The van der Waals surface area contributed by atoms with Crippen LogP contribution in [0.4, 0.5) is 0 Å². The van der Waals surface area contributed by atoms with Gasteiger partial charge in [-0.15, -0.1) is 23.7 Å². The molecule has 0 amide bonds. The molecule has 0 bridgehead atoms. The van der Waals surface area contributed by atoms with Crippen molar-refractivity contribution in [2.24, 2.45) is 0 Å². The average Bonchev–Trinajstić information content (AvgIpc) is 2.47. The molecule has 1 atom stereocenters. The van der Waals surface area contributed by atoms with E-state index in [2.05, 4.69) is 21.9 Å². The molecule has 0 fully saturated rings. The number of hydrogen-bond acceptors (Lipinski definition) is 2. The van der Waals surface area contributed by atoms with Crippen LogP contribution in [-0.2, 0) is 0 Å². The third-order valence-corrected chi connectivity index (χ3v) is 3.06. The molecule has 1 aromatic rings. The van der Waals surface area contributed by atoms with Crippen molar-refractivity contribution in [3.63, 3.8) is 0 Å². The van der Waals surface area contributed by atoms with Gasteiger partial charge in [-0.3, -0.25) is 0 Å². The molecule has 12 heavy (non-hydrogen) atoms. The molecule has 0 saturated carbocycles. The maximum Gasteiger partial charge on any atom is 0.0807 e. The van der Waals surface area contributed by atoms with E-state index in [1.54, 1.807) is 11.3 Å². The molecule has 0 saturated heterocycles. The lowest BCUT2D eigenvalue weighted by Gasteiger charge is -2.04. The van der Waals surface area contributed by atoms with Gasteiger partial charge in [0.25, 0.3) is 0 Å². The quantitative estimate of drug-likeness (QED) is 0.811. The van der Waals surface area contributed by atoms with Crippen LogP contribution in [0.1, 0.15) is 24.5 Å². The van der Waals surface area contributed by atoms with Crippen molar-refractivity contribution in [3.05, 3.63) is 20.8 Å². The minimum Gasteiger partial charge on any atom is -0.388 e. The number of halogens is 1. The molecule has 0 aromatic carbocycles. The molecule has 1 N–H and O–H groups in total. The highest BCUT2D eigenvalue weighted by Crippen LogP contribution is 2.27. The van der Waals surface area contributed by atoms with Gasteiger partial charge in [0.2, 0.25) is 0 Å². The van der Waals surface area contributed by atoms with Gasteiger partial charge in [-0.25, -0.2) is 0 Å². The Labute approximate surface area is 84.6 Å². The zero-order valence-electron chi connectivity index (χ0n) is 6.46. The van der Waals surface area contributed by atoms with Crippen LogP contribution < -0.4 is 0 Å². The first-order valence-corrected chi connectivity index (χ1v) is 5.26. The first kappa shape index (κ1) is 9.79. The molecule has 64 valence electrons. The van der Waals surface area contributed by atoms with Crippen LogP contribution >= 0.6 is 27.3 Å².